The highest BCUT2D eigenvalue weighted by molar-refractivity contribution is 7.98. The van der Waals surface area contributed by atoms with E-state index in [-0.39, 0.29) is 0 Å². The van der Waals surface area contributed by atoms with E-state index in [0.29, 0.717) is 11.7 Å². The van der Waals surface area contributed by atoms with Crippen LogP contribution in [0.1, 0.15) is 11.7 Å². The lowest BCUT2D eigenvalue weighted by Gasteiger charge is -2.12. The van der Waals surface area contributed by atoms with E-state index in [1.165, 1.54) is 11.8 Å². The number of aliphatic hydroxyl groups is 1. The Morgan fingerprint density at radius 2 is 2.06 bits per heavy atom. The molecule has 2 aromatic rings. The summed E-state index contributed by atoms with van der Waals surface area (Å²) in [7, 11) is 0. The van der Waals surface area contributed by atoms with E-state index in [0.717, 1.165) is 11.4 Å². The zero-order valence-electron chi connectivity index (χ0n) is 10.1. The third-order valence-corrected chi connectivity index (χ3v) is 3.04. The van der Waals surface area contributed by atoms with Gasteiger partial charge >= 0.3 is 0 Å². The third kappa shape index (κ3) is 3.45. The smallest absolute Gasteiger partial charge is 0.189 e. The standard InChI is InChI=1S/C13H15N3OS/c1-18-13-14-8-7-12(16-13)15-9-11(17)10-5-3-2-4-6-10/h2-8,11,17H,9H2,1H3,(H,14,15,16). The number of anilines is 1. The Balaban J connectivity index is 1.95. The normalized spacial score (nSPS) is 12.1. The molecule has 5 heteroatoms. The maximum absolute atomic E-state index is 10.00. The summed E-state index contributed by atoms with van der Waals surface area (Å²) in [6.07, 6.45) is 3.09. The van der Waals surface area contributed by atoms with Crippen molar-refractivity contribution < 1.29 is 5.11 Å². The van der Waals surface area contributed by atoms with Gasteiger partial charge in [-0.2, -0.15) is 0 Å². The number of thioether (sulfide) groups is 1. The van der Waals surface area contributed by atoms with Crippen molar-refractivity contribution in [3.05, 3.63) is 48.2 Å². The number of benzene rings is 1. The Morgan fingerprint density at radius 3 is 2.78 bits per heavy atom. The molecule has 1 heterocycles. The predicted molar refractivity (Wildman–Crippen MR) is 73.7 cm³/mol. The highest BCUT2D eigenvalue weighted by Crippen LogP contribution is 2.14. The van der Waals surface area contributed by atoms with Gasteiger partial charge in [-0.25, -0.2) is 9.97 Å². The lowest BCUT2D eigenvalue weighted by molar-refractivity contribution is 0.191. The molecule has 0 spiro atoms. The summed E-state index contributed by atoms with van der Waals surface area (Å²) < 4.78 is 0. The molecular weight excluding hydrogens is 246 g/mol. The van der Waals surface area contributed by atoms with Gasteiger partial charge in [-0.1, -0.05) is 42.1 Å². The summed E-state index contributed by atoms with van der Waals surface area (Å²) in [5.41, 5.74) is 0.893. The summed E-state index contributed by atoms with van der Waals surface area (Å²) >= 11 is 1.49. The zero-order chi connectivity index (χ0) is 12.8. The minimum Gasteiger partial charge on any atom is -0.387 e. The van der Waals surface area contributed by atoms with Gasteiger partial charge in [0.1, 0.15) is 5.82 Å². The molecule has 4 nitrogen and oxygen atoms in total. The minimum absolute atomic E-state index is 0.425. The summed E-state index contributed by atoms with van der Waals surface area (Å²) in [6.45, 7) is 0.425. The topological polar surface area (TPSA) is 58.0 Å². The van der Waals surface area contributed by atoms with Crippen LogP contribution in [0.4, 0.5) is 5.82 Å². The fourth-order valence-corrected chi connectivity index (χ4v) is 1.89. The molecule has 0 radical (unpaired) electrons. The average molecular weight is 261 g/mol. The Kier molecular flexibility index (Phi) is 4.55. The van der Waals surface area contributed by atoms with E-state index in [9.17, 15) is 5.11 Å². The lowest BCUT2D eigenvalue weighted by atomic mass is 10.1. The quantitative estimate of drug-likeness (QED) is 0.639. The van der Waals surface area contributed by atoms with Gasteiger partial charge in [-0.15, -0.1) is 0 Å². The Labute approximate surface area is 110 Å². The van der Waals surface area contributed by atoms with E-state index < -0.39 is 6.10 Å². The largest absolute Gasteiger partial charge is 0.387 e. The molecule has 0 aliphatic carbocycles. The molecule has 1 aromatic heterocycles. The highest BCUT2D eigenvalue weighted by atomic mass is 32.2. The minimum atomic E-state index is -0.543. The van der Waals surface area contributed by atoms with Gasteiger partial charge in [-0.3, -0.25) is 0 Å². The maximum Gasteiger partial charge on any atom is 0.189 e. The van der Waals surface area contributed by atoms with E-state index in [4.69, 9.17) is 0 Å². The molecule has 0 fully saturated rings. The van der Waals surface area contributed by atoms with Crippen LogP contribution in [0.15, 0.2) is 47.8 Å². The van der Waals surface area contributed by atoms with E-state index in [1.54, 1.807) is 12.3 Å². The summed E-state index contributed by atoms with van der Waals surface area (Å²) in [5.74, 6) is 0.726. The van der Waals surface area contributed by atoms with Gasteiger partial charge in [0.15, 0.2) is 5.16 Å². The molecule has 0 aliphatic heterocycles. The van der Waals surface area contributed by atoms with Gasteiger partial charge in [0.25, 0.3) is 0 Å². The molecule has 0 amide bonds. The first-order valence-electron chi connectivity index (χ1n) is 5.63. The first-order valence-corrected chi connectivity index (χ1v) is 6.86. The van der Waals surface area contributed by atoms with Crippen molar-refractivity contribution in [2.75, 3.05) is 18.1 Å². The molecule has 0 bridgehead atoms. The highest BCUT2D eigenvalue weighted by Gasteiger charge is 2.06. The van der Waals surface area contributed by atoms with Gasteiger partial charge < -0.3 is 10.4 Å². The van der Waals surface area contributed by atoms with Crippen LogP contribution >= 0.6 is 11.8 Å². The number of hydrogen-bond donors (Lipinski definition) is 2. The van der Waals surface area contributed by atoms with Crippen molar-refractivity contribution in [3.8, 4) is 0 Å². The maximum atomic E-state index is 10.00. The van der Waals surface area contributed by atoms with Crippen LogP contribution in [0, 0.1) is 0 Å². The van der Waals surface area contributed by atoms with Crippen LogP contribution in [0.2, 0.25) is 0 Å². The Morgan fingerprint density at radius 1 is 1.28 bits per heavy atom. The van der Waals surface area contributed by atoms with Crippen LogP contribution in [0.25, 0.3) is 0 Å². The molecule has 2 rings (SSSR count). The number of hydrogen-bond acceptors (Lipinski definition) is 5. The van der Waals surface area contributed by atoms with Crippen molar-refractivity contribution in [1.82, 2.24) is 9.97 Å². The second kappa shape index (κ2) is 6.37. The molecule has 94 valence electrons. The monoisotopic (exact) mass is 261 g/mol. The number of aliphatic hydroxyl groups excluding tert-OH is 1. The van der Waals surface area contributed by atoms with Gasteiger partial charge in [0.05, 0.1) is 6.10 Å². The van der Waals surface area contributed by atoms with Crippen LogP contribution in [-0.2, 0) is 0 Å². The third-order valence-electron chi connectivity index (χ3n) is 2.48. The molecule has 1 aromatic carbocycles. The molecule has 18 heavy (non-hydrogen) atoms. The molecule has 2 N–H and O–H groups in total. The van der Waals surface area contributed by atoms with E-state index >= 15 is 0 Å². The molecule has 0 aliphatic rings. The van der Waals surface area contributed by atoms with Crippen LogP contribution in [-0.4, -0.2) is 27.9 Å². The number of rotatable bonds is 5. The Bertz CT molecular complexity index is 493. The summed E-state index contributed by atoms with van der Waals surface area (Å²) in [6, 6.07) is 11.3. The zero-order valence-corrected chi connectivity index (χ0v) is 10.9. The van der Waals surface area contributed by atoms with Gasteiger partial charge in [0.2, 0.25) is 0 Å². The molecule has 1 unspecified atom stereocenters. The first-order chi connectivity index (χ1) is 8.79. The first kappa shape index (κ1) is 12.9. The predicted octanol–water partition coefficient (Wildman–Crippen LogP) is 2.34. The van der Waals surface area contributed by atoms with Crippen LogP contribution in [0.3, 0.4) is 0 Å². The fourth-order valence-electron chi connectivity index (χ4n) is 1.53. The summed E-state index contributed by atoms with van der Waals surface area (Å²) in [4.78, 5) is 8.38. The van der Waals surface area contributed by atoms with Crippen LogP contribution in [0.5, 0.6) is 0 Å². The molecule has 1 atom stereocenters. The second-order valence-electron chi connectivity index (χ2n) is 3.74. The molecule has 0 saturated carbocycles. The van der Waals surface area contributed by atoms with Gasteiger partial charge in [0, 0.05) is 12.7 Å². The SMILES string of the molecule is CSc1nccc(NCC(O)c2ccccc2)n1. The number of nitrogens with zero attached hydrogens (tertiary/aromatic N) is 2. The average Bonchev–Trinajstić information content (AvgIpc) is 2.46. The Hall–Kier alpha value is -1.59. The lowest BCUT2D eigenvalue weighted by Crippen LogP contribution is -2.13. The number of aromatic nitrogens is 2. The van der Waals surface area contributed by atoms with Crippen molar-refractivity contribution in [2.24, 2.45) is 0 Å². The molecular formula is C13H15N3OS. The van der Waals surface area contributed by atoms with Crippen molar-refractivity contribution in [2.45, 2.75) is 11.3 Å². The summed E-state index contributed by atoms with van der Waals surface area (Å²) in [5, 5.41) is 13.8. The van der Waals surface area contributed by atoms with E-state index in [2.05, 4.69) is 15.3 Å². The van der Waals surface area contributed by atoms with Gasteiger partial charge in [-0.05, 0) is 17.9 Å². The number of nitrogens with one attached hydrogen (secondary N) is 1. The molecule has 0 saturated heterocycles. The second-order valence-corrected chi connectivity index (χ2v) is 4.51. The fraction of sp³-hybridized carbons (Fsp3) is 0.231. The van der Waals surface area contributed by atoms with Crippen molar-refractivity contribution >= 4 is 17.6 Å². The van der Waals surface area contributed by atoms with Crippen LogP contribution < -0.4 is 5.32 Å². The van der Waals surface area contributed by atoms with E-state index in [1.807, 2.05) is 36.6 Å². The van der Waals surface area contributed by atoms with Crippen molar-refractivity contribution in [3.63, 3.8) is 0 Å². The van der Waals surface area contributed by atoms with Crippen molar-refractivity contribution in [1.29, 1.82) is 0 Å².